The molecule has 0 fully saturated rings. The molecule has 3 heterocycles. The molecule has 1 N–H and O–H groups in total. The van der Waals surface area contributed by atoms with Gasteiger partial charge in [0.15, 0.2) is 17.5 Å². The van der Waals surface area contributed by atoms with Gasteiger partial charge in [-0.2, -0.15) is 4.68 Å². The molecule has 0 saturated heterocycles. The molecule has 0 spiro atoms. The Hall–Kier alpha value is -3.13. The van der Waals surface area contributed by atoms with E-state index in [0.717, 1.165) is 41.4 Å². The zero-order chi connectivity index (χ0) is 19.3. The second-order valence-electron chi connectivity index (χ2n) is 7.28. The molecule has 1 aromatic heterocycles. The number of tetrazole rings is 1. The minimum Gasteiger partial charge on any atom is -0.492 e. The average molecular weight is 380 g/mol. The number of methoxy groups -OCH3 is 1. The van der Waals surface area contributed by atoms with Crippen molar-refractivity contribution in [2.24, 2.45) is 0 Å². The van der Waals surface area contributed by atoms with Crippen LogP contribution in [0.15, 0.2) is 30.3 Å². The van der Waals surface area contributed by atoms with Gasteiger partial charge in [0.05, 0.1) is 32.0 Å². The lowest BCUT2D eigenvalue weighted by Gasteiger charge is -2.32. The predicted octanol–water partition coefficient (Wildman–Crippen LogP) is 0.868. The van der Waals surface area contributed by atoms with E-state index in [9.17, 15) is 0 Å². The molecule has 0 radical (unpaired) electrons. The minimum atomic E-state index is -0.0799. The molecule has 2 atom stereocenters. The lowest BCUT2D eigenvalue weighted by atomic mass is 9.90. The Morgan fingerprint density at radius 3 is 2.96 bits per heavy atom. The van der Waals surface area contributed by atoms with Gasteiger partial charge in [-0.3, -0.25) is 0 Å². The number of benzene rings is 2. The van der Waals surface area contributed by atoms with E-state index in [0.29, 0.717) is 11.5 Å². The third kappa shape index (κ3) is 2.52. The number of nitrogens with zero attached hydrogens (tertiary/aromatic N) is 4. The SMILES string of the molecule is COc1c2c(cc3c1[C@@H](c1nnnn1-c1cccc(C)c1)[NH+](C)CC3)OCO2. The molecule has 144 valence electrons. The van der Waals surface area contributed by atoms with Crippen molar-refractivity contribution in [3.63, 3.8) is 0 Å². The Kier molecular flexibility index (Phi) is 3.94. The number of quaternary nitrogens is 1. The van der Waals surface area contributed by atoms with Crippen LogP contribution in [-0.4, -0.2) is 47.7 Å². The molecule has 0 saturated carbocycles. The van der Waals surface area contributed by atoms with E-state index in [4.69, 9.17) is 14.2 Å². The largest absolute Gasteiger partial charge is 0.492 e. The molecule has 0 aliphatic carbocycles. The number of hydrogen-bond acceptors (Lipinski definition) is 6. The Balaban J connectivity index is 1.71. The first-order chi connectivity index (χ1) is 13.7. The maximum Gasteiger partial charge on any atom is 0.231 e. The van der Waals surface area contributed by atoms with Crippen LogP contribution in [0.2, 0.25) is 0 Å². The van der Waals surface area contributed by atoms with Gasteiger partial charge in [0.2, 0.25) is 18.4 Å². The van der Waals surface area contributed by atoms with E-state index >= 15 is 0 Å². The molecule has 2 aliphatic heterocycles. The lowest BCUT2D eigenvalue weighted by Crippen LogP contribution is -3.10. The fourth-order valence-corrected chi connectivity index (χ4v) is 4.19. The van der Waals surface area contributed by atoms with Crippen LogP contribution in [0, 0.1) is 6.92 Å². The Morgan fingerprint density at radius 1 is 1.25 bits per heavy atom. The van der Waals surface area contributed by atoms with Gasteiger partial charge in [-0.15, -0.1) is 5.10 Å². The van der Waals surface area contributed by atoms with Crippen molar-refractivity contribution in [3.8, 4) is 22.9 Å². The Labute approximate surface area is 162 Å². The van der Waals surface area contributed by atoms with Crippen molar-refractivity contribution < 1.29 is 19.1 Å². The summed E-state index contributed by atoms with van der Waals surface area (Å²) in [5.74, 6) is 2.90. The molecule has 8 nitrogen and oxygen atoms in total. The van der Waals surface area contributed by atoms with Crippen molar-refractivity contribution in [3.05, 3.63) is 52.8 Å². The number of nitrogens with one attached hydrogen (secondary N) is 1. The lowest BCUT2D eigenvalue weighted by molar-refractivity contribution is -0.909. The van der Waals surface area contributed by atoms with E-state index in [-0.39, 0.29) is 12.8 Å². The molecule has 0 bridgehead atoms. The van der Waals surface area contributed by atoms with Gasteiger partial charge in [-0.25, -0.2) is 0 Å². The van der Waals surface area contributed by atoms with Gasteiger partial charge in [-0.1, -0.05) is 12.1 Å². The number of rotatable bonds is 3. The molecule has 8 heteroatoms. The molecule has 0 amide bonds. The number of aromatic nitrogens is 4. The van der Waals surface area contributed by atoms with Crippen LogP contribution < -0.4 is 19.1 Å². The third-order valence-corrected chi connectivity index (χ3v) is 5.52. The first-order valence-electron chi connectivity index (χ1n) is 9.34. The highest BCUT2D eigenvalue weighted by Crippen LogP contribution is 2.48. The Morgan fingerprint density at radius 2 is 2.14 bits per heavy atom. The first-order valence-corrected chi connectivity index (χ1v) is 9.34. The zero-order valence-electron chi connectivity index (χ0n) is 16.1. The maximum absolute atomic E-state index is 5.80. The van der Waals surface area contributed by atoms with Crippen molar-refractivity contribution in [1.29, 1.82) is 0 Å². The zero-order valence-corrected chi connectivity index (χ0v) is 16.1. The number of hydrogen-bond donors (Lipinski definition) is 1. The van der Waals surface area contributed by atoms with Crippen molar-refractivity contribution in [1.82, 2.24) is 20.2 Å². The van der Waals surface area contributed by atoms with Gasteiger partial charge in [0, 0.05) is 6.42 Å². The normalized spacial score (nSPS) is 20.1. The third-order valence-electron chi connectivity index (χ3n) is 5.52. The fourth-order valence-electron chi connectivity index (χ4n) is 4.19. The summed E-state index contributed by atoms with van der Waals surface area (Å²) >= 11 is 0. The highest BCUT2D eigenvalue weighted by Gasteiger charge is 2.40. The monoisotopic (exact) mass is 380 g/mol. The number of likely N-dealkylation sites (N-methyl/N-ethyl adjacent to an activating group) is 1. The quantitative estimate of drug-likeness (QED) is 0.727. The highest BCUT2D eigenvalue weighted by molar-refractivity contribution is 5.62. The second-order valence-corrected chi connectivity index (χ2v) is 7.28. The molecular weight excluding hydrogens is 358 g/mol. The molecule has 3 aromatic rings. The average Bonchev–Trinajstić information content (AvgIpc) is 3.35. The van der Waals surface area contributed by atoms with Crippen LogP contribution in [-0.2, 0) is 6.42 Å². The van der Waals surface area contributed by atoms with Crippen molar-refractivity contribution in [2.75, 3.05) is 27.5 Å². The van der Waals surface area contributed by atoms with E-state index in [1.165, 1.54) is 10.5 Å². The molecule has 2 aliphatic rings. The number of ether oxygens (including phenoxy) is 3. The fraction of sp³-hybridized carbons (Fsp3) is 0.350. The molecular formula is C20H22N5O3+. The first kappa shape index (κ1) is 17.0. The maximum atomic E-state index is 5.80. The molecule has 28 heavy (non-hydrogen) atoms. The van der Waals surface area contributed by atoms with Crippen LogP contribution in [0.1, 0.15) is 28.6 Å². The van der Waals surface area contributed by atoms with Crippen LogP contribution in [0.3, 0.4) is 0 Å². The summed E-state index contributed by atoms with van der Waals surface area (Å²) < 4.78 is 18.9. The summed E-state index contributed by atoms with van der Waals surface area (Å²) in [5, 5.41) is 12.7. The van der Waals surface area contributed by atoms with Crippen molar-refractivity contribution >= 4 is 0 Å². The summed E-state index contributed by atoms with van der Waals surface area (Å²) in [5.41, 5.74) is 4.36. The standard InChI is InChI=1S/C20H21N5O3/c1-12-5-4-6-14(9-12)25-20(21-22-23-25)17-16-13(7-8-24(17)2)10-15-18(19(16)26-3)28-11-27-15/h4-6,9-10,17H,7-8,11H2,1-3H3/p+1/t17-/m0/s1. The van der Waals surface area contributed by atoms with E-state index in [1.54, 1.807) is 7.11 Å². The van der Waals surface area contributed by atoms with Gasteiger partial charge in [0.25, 0.3) is 0 Å². The predicted molar refractivity (Wildman–Crippen MR) is 100 cm³/mol. The van der Waals surface area contributed by atoms with Gasteiger partial charge in [-0.05, 0) is 46.7 Å². The summed E-state index contributed by atoms with van der Waals surface area (Å²) in [6.07, 6.45) is 0.927. The summed E-state index contributed by atoms with van der Waals surface area (Å²) in [6.45, 7) is 3.23. The van der Waals surface area contributed by atoms with Crippen LogP contribution >= 0.6 is 0 Å². The van der Waals surface area contributed by atoms with Crippen LogP contribution in [0.4, 0.5) is 0 Å². The van der Waals surface area contributed by atoms with E-state index in [2.05, 4.69) is 47.7 Å². The topological polar surface area (TPSA) is 75.7 Å². The van der Waals surface area contributed by atoms with Crippen LogP contribution in [0.25, 0.3) is 5.69 Å². The molecule has 5 rings (SSSR count). The van der Waals surface area contributed by atoms with Crippen molar-refractivity contribution in [2.45, 2.75) is 19.4 Å². The summed E-state index contributed by atoms with van der Waals surface area (Å²) in [6, 6.07) is 10.2. The number of fused-ring (bicyclic) bond motifs is 2. The minimum absolute atomic E-state index is 0.0799. The molecule has 1 unspecified atom stereocenters. The highest BCUT2D eigenvalue weighted by atomic mass is 16.7. The molecule has 2 aromatic carbocycles. The van der Waals surface area contributed by atoms with Gasteiger partial charge < -0.3 is 19.1 Å². The summed E-state index contributed by atoms with van der Waals surface area (Å²) in [4.78, 5) is 1.30. The summed E-state index contributed by atoms with van der Waals surface area (Å²) in [7, 11) is 3.83. The van der Waals surface area contributed by atoms with Gasteiger partial charge >= 0.3 is 0 Å². The Bertz CT molecular complexity index is 1050. The van der Waals surface area contributed by atoms with E-state index < -0.39 is 0 Å². The van der Waals surface area contributed by atoms with Gasteiger partial charge in [0.1, 0.15) is 0 Å². The van der Waals surface area contributed by atoms with Crippen LogP contribution in [0.5, 0.6) is 17.2 Å². The van der Waals surface area contributed by atoms with E-state index in [1.807, 2.05) is 16.8 Å². The second kappa shape index (κ2) is 6.49. The smallest absolute Gasteiger partial charge is 0.231 e. The number of aryl methyl sites for hydroxylation is 1.